The van der Waals surface area contributed by atoms with Crippen molar-refractivity contribution in [3.63, 3.8) is 0 Å². The lowest BCUT2D eigenvalue weighted by atomic mass is 10.2. The van der Waals surface area contributed by atoms with Crippen molar-refractivity contribution in [2.24, 2.45) is 0 Å². The van der Waals surface area contributed by atoms with E-state index in [1.807, 2.05) is 59.3 Å². The van der Waals surface area contributed by atoms with Crippen LogP contribution in [0.3, 0.4) is 0 Å². The lowest BCUT2D eigenvalue weighted by Gasteiger charge is -2.06. The summed E-state index contributed by atoms with van der Waals surface area (Å²) in [6.45, 7) is 1.64. The SMILES string of the molecule is CC(=O)OCc1cccn2c(-c3ccccc3)cnc12. The van der Waals surface area contributed by atoms with Gasteiger partial charge in [0.25, 0.3) is 0 Å². The highest BCUT2D eigenvalue weighted by Gasteiger charge is 2.09. The third-order valence-electron chi connectivity index (χ3n) is 3.12. The molecule has 0 radical (unpaired) electrons. The van der Waals surface area contributed by atoms with E-state index in [2.05, 4.69) is 4.98 Å². The lowest BCUT2D eigenvalue weighted by molar-refractivity contribution is -0.142. The molecule has 100 valence electrons. The van der Waals surface area contributed by atoms with Crippen LogP contribution in [0.25, 0.3) is 16.9 Å². The average molecular weight is 266 g/mol. The Bertz CT molecular complexity index is 748. The van der Waals surface area contributed by atoms with Crippen LogP contribution >= 0.6 is 0 Å². The lowest BCUT2D eigenvalue weighted by Crippen LogP contribution is -2.01. The van der Waals surface area contributed by atoms with Crippen molar-refractivity contribution in [3.05, 3.63) is 60.4 Å². The van der Waals surface area contributed by atoms with Crippen LogP contribution < -0.4 is 0 Å². The second-order valence-corrected chi connectivity index (χ2v) is 4.52. The van der Waals surface area contributed by atoms with E-state index in [-0.39, 0.29) is 12.6 Å². The van der Waals surface area contributed by atoms with E-state index in [0.29, 0.717) is 0 Å². The minimum Gasteiger partial charge on any atom is -0.461 e. The van der Waals surface area contributed by atoms with Gasteiger partial charge in [0.2, 0.25) is 0 Å². The van der Waals surface area contributed by atoms with E-state index in [4.69, 9.17) is 4.74 Å². The maximum atomic E-state index is 10.9. The minimum absolute atomic E-state index is 0.241. The summed E-state index contributed by atoms with van der Waals surface area (Å²) < 4.78 is 7.07. The van der Waals surface area contributed by atoms with Crippen molar-refractivity contribution in [2.75, 3.05) is 0 Å². The molecular formula is C16H14N2O2. The summed E-state index contributed by atoms with van der Waals surface area (Å²) in [6.07, 6.45) is 3.80. The fourth-order valence-electron chi connectivity index (χ4n) is 2.18. The molecule has 0 fully saturated rings. The first-order valence-corrected chi connectivity index (χ1v) is 6.39. The number of benzene rings is 1. The first-order chi connectivity index (χ1) is 9.75. The van der Waals surface area contributed by atoms with E-state index < -0.39 is 0 Å². The summed E-state index contributed by atoms with van der Waals surface area (Å²) in [4.78, 5) is 15.4. The van der Waals surface area contributed by atoms with Gasteiger partial charge >= 0.3 is 5.97 Å². The largest absolute Gasteiger partial charge is 0.461 e. The van der Waals surface area contributed by atoms with Crippen molar-refractivity contribution >= 4 is 11.6 Å². The second-order valence-electron chi connectivity index (χ2n) is 4.52. The zero-order valence-electron chi connectivity index (χ0n) is 11.1. The molecule has 1 aromatic carbocycles. The third kappa shape index (κ3) is 2.28. The van der Waals surface area contributed by atoms with E-state index in [1.165, 1.54) is 6.92 Å². The molecule has 0 aliphatic carbocycles. The molecule has 0 aliphatic rings. The Kier molecular flexibility index (Phi) is 3.21. The standard InChI is InChI=1S/C16H14N2O2/c1-12(19)20-11-14-8-5-9-18-15(10-17-16(14)18)13-6-3-2-4-7-13/h2-10H,11H2,1H3. The number of rotatable bonds is 3. The van der Waals surface area contributed by atoms with Gasteiger partial charge in [0.1, 0.15) is 12.3 Å². The molecule has 0 aliphatic heterocycles. The predicted molar refractivity (Wildman–Crippen MR) is 76.1 cm³/mol. The molecule has 3 aromatic rings. The van der Waals surface area contributed by atoms with Gasteiger partial charge in [0, 0.05) is 24.2 Å². The fourth-order valence-corrected chi connectivity index (χ4v) is 2.18. The molecule has 0 amide bonds. The summed E-state index contributed by atoms with van der Waals surface area (Å²) in [5.74, 6) is -0.290. The quantitative estimate of drug-likeness (QED) is 0.684. The number of ether oxygens (including phenoxy) is 1. The molecule has 2 heterocycles. The molecule has 0 bridgehead atoms. The molecule has 4 nitrogen and oxygen atoms in total. The van der Waals surface area contributed by atoms with Crippen molar-refractivity contribution in [3.8, 4) is 11.3 Å². The summed E-state index contributed by atoms with van der Waals surface area (Å²) in [6, 6.07) is 13.9. The molecule has 0 N–H and O–H groups in total. The normalized spacial score (nSPS) is 10.7. The highest BCUT2D eigenvalue weighted by Crippen LogP contribution is 2.22. The van der Waals surface area contributed by atoms with Crippen LogP contribution in [0.5, 0.6) is 0 Å². The maximum Gasteiger partial charge on any atom is 0.302 e. The van der Waals surface area contributed by atoms with Crippen LogP contribution in [0, 0.1) is 0 Å². The summed E-state index contributed by atoms with van der Waals surface area (Å²) in [5.41, 5.74) is 3.83. The number of nitrogens with zero attached hydrogens (tertiary/aromatic N) is 2. The summed E-state index contributed by atoms with van der Waals surface area (Å²) >= 11 is 0. The molecule has 2 aromatic heterocycles. The Balaban J connectivity index is 2.06. The minimum atomic E-state index is -0.290. The van der Waals surface area contributed by atoms with Gasteiger partial charge in [0.15, 0.2) is 0 Å². The van der Waals surface area contributed by atoms with E-state index >= 15 is 0 Å². The van der Waals surface area contributed by atoms with Gasteiger partial charge < -0.3 is 4.74 Å². The Morgan fingerprint density at radius 3 is 2.75 bits per heavy atom. The van der Waals surface area contributed by atoms with Crippen LogP contribution in [0.2, 0.25) is 0 Å². The number of pyridine rings is 1. The van der Waals surface area contributed by atoms with Gasteiger partial charge in [-0.05, 0) is 6.07 Å². The average Bonchev–Trinajstić information content (AvgIpc) is 2.90. The Hall–Kier alpha value is -2.62. The van der Waals surface area contributed by atoms with Crippen molar-refractivity contribution in [2.45, 2.75) is 13.5 Å². The number of esters is 1. The van der Waals surface area contributed by atoms with Gasteiger partial charge in [0.05, 0.1) is 11.9 Å². The molecule has 0 saturated heterocycles. The second kappa shape index (κ2) is 5.17. The molecule has 0 unspecified atom stereocenters. The van der Waals surface area contributed by atoms with Crippen LogP contribution in [0.4, 0.5) is 0 Å². The highest BCUT2D eigenvalue weighted by molar-refractivity contribution is 5.67. The molecule has 4 heteroatoms. The third-order valence-corrected chi connectivity index (χ3v) is 3.12. The molecule has 0 saturated carbocycles. The molecule has 0 spiro atoms. The van der Waals surface area contributed by atoms with Crippen LogP contribution in [-0.4, -0.2) is 15.4 Å². The number of hydrogen-bond donors (Lipinski definition) is 0. The zero-order valence-corrected chi connectivity index (χ0v) is 11.1. The Morgan fingerprint density at radius 2 is 2.00 bits per heavy atom. The number of carbonyl (C=O) groups excluding carboxylic acids is 1. The van der Waals surface area contributed by atoms with Gasteiger partial charge in [-0.25, -0.2) is 4.98 Å². The summed E-state index contributed by atoms with van der Waals surface area (Å²) in [7, 11) is 0. The van der Waals surface area contributed by atoms with E-state index in [1.54, 1.807) is 0 Å². The Morgan fingerprint density at radius 1 is 1.20 bits per heavy atom. The fraction of sp³-hybridized carbons (Fsp3) is 0.125. The zero-order chi connectivity index (χ0) is 13.9. The number of hydrogen-bond acceptors (Lipinski definition) is 3. The van der Waals surface area contributed by atoms with Crippen molar-refractivity contribution < 1.29 is 9.53 Å². The summed E-state index contributed by atoms with van der Waals surface area (Å²) in [5, 5.41) is 0. The monoisotopic (exact) mass is 266 g/mol. The number of imidazole rings is 1. The molecule has 20 heavy (non-hydrogen) atoms. The van der Waals surface area contributed by atoms with Crippen LogP contribution in [-0.2, 0) is 16.1 Å². The van der Waals surface area contributed by atoms with Crippen molar-refractivity contribution in [1.29, 1.82) is 0 Å². The first kappa shape index (κ1) is 12.4. The van der Waals surface area contributed by atoms with Crippen molar-refractivity contribution in [1.82, 2.24) is 9.38 Å². The van der Waals surface area contributed by atoms with Crippen LogP contribution in [0.1, 0.15) is 12.5 Å². The number of carbonyl (C=O) groups is 1. The molecule has 0 atom stereocenters. The highest BCUT2D eigenvalue weighted by atomic mass is 16.5. The predicted octanol–water partition coefficient (Wildman–Crippen LogP) is 3.06. The first-order valence-electron chi connectivity index (χ1n) is 6.39. The van der Waals surface area contributed by atoms with Gasteiger partial charge in [-0.1, -0.05) is 36.4 Å². The smallest absolute Gasteiger partial charge is 0.302 e. The maximum absolute atomic E-state index is 10.9. The molecular weight excluding hydrogens is 252 g/mol. The van der Waals surface area contributed by atoms with Gasteiger partial charge in [-0.2, -0.15) is 0 Å². The molecule has 3 rings (SSSR count). The topological polar surface area (TPSA) is 43.6 Å². The number of fused-ring (bicyclic) bond motifs is 1. The Labute approximate surface area is 116 Å². The van der Waals surface area contributed by atoms with Crippen LogP contribution in [0.15, 0.2) is 54.9 Å². The van der Waals surface area contributed by atoms with E-state index in [9.17, 15) is 4.79 Å². The van der Waals surface area contributed by atoms with Gasteiger partial charge in [-0.15, -0.1) is 0 Å². The number of aromatic nitrogens is 2. The van der Waals surface area contributed by atoms with Gasteiger partial charge in [-0.3, -0.25) is 9.20 Å². The van der Waals surface area contributed by atoms with E-state index in [0.717, 1.165) is 22.5 Å².